The molecule has 2 aromatic carbocycles. The second-order valence-corrected chi connectivity index (χ2v) is 7.37. The monoisotopic (exact) mass is 363 g/mol. The van der Waals surface area contributed by atoms with Gasteiger partial charge in [-0.1, -0.05) is 53.7 Å². The van der Waals surface area contributed by atoms with Gasteiger partial charge in [0, 0.05) is 5.56 Å². The number of aromatic nitrogens is 5. The van der Waals surface area contributed by atoms with Crippen LogP contribution in [0.2, 0.25) is 0 Å². The van der Waals surface area contributed by atoms with Crippen LogP contribution in [0.15, 0.2) is 58.5 Å². The van der Waals surface area contributed by atoms with E-state index < -0.39 is 0 Å². The highest BCUT2D eigenvalue weighted by Crippen LogP contribution is 2.31. The van der Waals surface area contributed by atoms with Crippen molar-refractivity contribution in [2.45, 2.75) is 24.3 Å². The van der Waals surface area contributed by atoms with Gasteiger partial charge in [0.2, 0.25) is 5.16 Å². The molecule has 0 aliphatic heterocycles. The van der Waals surface area contributed by atoms with Crippen molar-refractivity contribution in [1.29, 1.82) is 0 Å². The zero-order valence-electron chi connectivity index (χ0n) is 14.4. The predicted molar refractivity (Wildman–Crippen MR) is 103 cm³/mol. The maximum Gasteiger partial charge on any atom is 0.258 e. The molecule has 4 rings (SSSR count). The normalized spacial score (nSPS) is 12.4. The van der Waals surface area contributed by atoms with Gasteiger partial charge in [0.15, 0.2) is 5.82 Å². The summed E-state index contributed by atoms with van der Waals surface area (Å²) in [6, 6.07) is 15.4. The third kappa shape index (κ3) is 3.25. The first-order chi connectivity index (χ1) is 12.6. The number of benzene rings is 2. The van der Waals surface area contributed by atoms with Crippen LogP contribution in [0.4, 0.5) is 0 Å². The Balaban J connectivity index is 1.58. The van der Waals surface area contributed by atoms with Gasteiger partial charge in [-0.3, -0.25) is 9.89 Å². The largest absolute Gasteiger partial charge is 0.309 e. The van der Waals surface area contributed by atoms with Crippen molar-refractivity contribution < 1.29 is 0 Å². The van der Waals surface area contributed by atoms with Crippen LogP contribution in [0.3, 0.4) is 0 Å². The molecule has 0 amide bonds. The molecule has 4 aromatic rings. The van der Waals surface area contributed by atoms with Crippen molar-refractivity contribution >= 4 is 22.7 Å². The number of hydrogen-bond acceptors (Lipinski definition) is 5. The fourth-order valence-corrected chi connectivity index (χ4v) is 3.43. The Kier molecular flexibility index (Phi) is 4.30. The fourth-order valence-electron chi connectivity index (χ4n) is 2.65. The van der Waals surface area contributed by atoms with Crippen LogP contribution in [0, 0.1) is 6.92 Å². The number of thioether (sulfide) groups is 1. The average Bonchev–Trinajstić information content (AvgIpc) is 3.10. The highest BCUT2D eigenvalue weighted by molar-refractivity contribution is 7.99. The second kappa shape index (κ2) is 6.76. The number of rotatable bonds is 4. The average molecular weight is 363 g/mol. The van der Waals surface area contributed by atoms with Gasteiger partial charge < -0.3 is 4.98 Å². The van der Waals surface area contributed by atoms with E-state index >= 15 is 0 Å². The molecule has 0 spiro atoms. The zero-order valence-corrected chi connectivity index (χ0v) is 15.2. The standard InChI is InChI=1S/C19H17N5OS/c1-11-7-9-13(10-8-11)17-22-19(24-23-17)26-12(2)16-20-15-6-4-3-5-14(15)18(25)21-16/h3-10,12H,1-2H3,(H,20,21,25)(H,22,23,24)/t12-/m1/s1. The van der Waals surface area contributed by atoms with Crippen molar-refractivity contribution in [3.8, 4) is 11.4 Å². The van der Waals surface area contributed by atoms with E-state index in [1.807, 2.05) is 56.3 Å². The molecule has 0 saturated heterocycles. The van der Waals surface area contributed by atoms with E-state index in [1.165, 1.54) is 17.3 Å². The van der Waals surface area contributed by atoms with Gasteiger partial charge in [0.1, 0.15) is 5.82 Å². The third-order valence-corrected chi connectivity index (χ3v) is 5.06. The summed E-state index contributed by atoms with van der Waals surface area (Å²) in [5, 5.41) is 8.35. The number of aromatic amines is 2. The molecule has 0 saturated carbocycles. The summed E-state index contributed by atoms with van der Waals surface area (Å²) in [6.07, 6.45) is 0. The lowest BCUT2D eigenvalue weighted by atomic mass is 10.1. The molecule has 7 heteroatoms. The molecule has 2 aromatic heterocycles. The number of para-hydroxylation sites is 1. The highest BCUT2D eigenvalue weighted by atomic mass is 32.2. The highest BCUT2D eigenvalue weighted by Gasteiger charge is 2.15. The van der Waals surface area contributed by atoms with E-state index in [-0.39, 0.29) is 10.8 Å². The SMILES string of the molecule is Cc1ccc(-c2nc(S[C@H](C)c3nc4ccccc4c(=O)[nH]3)n[nH]2)cc1. The number of aryl methyl sites for hydroxylation is 1. The van der Waals surface area contributed by atoms with Gasteiger partial charge in [-0.25, -0.2) is 9.97 Å². The van der Waals surface area contributed by atoms with Crippen LogP contribution in [-0.2, 0) is 0 Å². The van der Waals surface area contributed by atoms with Crippen molar-refractivity contribution in [1.82, 2.24) is 25.1 Å². The molecule has 130 valence electrons. The predicted octanol–water partition coefficient (Wildman–Crippen LogP) is 3.87. The smallest absolute Gasteiger partial charge is 0.258 e. The van der Waals surface area contributed by atoms with Crippen molar-refractivity contribution in [3.63, 3.8) is 0 Å². The lowest BCUT2D eigenvalue weighted by Gasteiger charge is -2.08. The number of nitrogens with one attached hydrogen (secondary N) is 2. The van der Waals surface area contributed by atoms with Crippen LogP contribution in [0.5, 0.6) is 0 Å². The summed E-state index contributed by atoms with van der Waals surface area (Å²) in [5.41, 5.74) is 2.74. The first kappa shape index (κ1) is 16.5. The Hall–Kier alpha value is -2.93. The lowest BCUT2D eigenvalue weighted by molar-refractivity contribution is 0.904. The van der Waals surface area contributed by atoms with E-state index in [0.29, 0.717) is 21.9 Å². The van der Waals surface area contributed by atoms with Crippen LogP contribution in [0.1, 0.15) is 23.6 Å². The Morgan fingerprint density at radius 3 is 2.62 bits per heavy atom. The van der Waals surface area contributed by atoms with Gasteiger partial charge in [0.25, 0.3) is 5.56 Å². The number of hydrogen-bond donors (Lipinski definition) is 2. The van der Waals surface area contributed by atoms with Crippen LogP contribution >= 0.6 is 11.8 Å². The maximum atomic E-state index is 12.2. The summed E-state index contributed by atoms with van der Waals surface area (Å²) < 4.78 is 0. The fraction of sp³-hybridized carbons (Fsp3) is 0.158. The topological polar surface area (TPSA) is 87.3 Å². The van der Waals surface area contributed by atoms with Gasteiger partial charge in [-0.2, -0.15) is 0 Å². The number of H-pyrrole nitrogens is 2. The molecule has 0 fully saturated rings. The summed E-state index contributed by atoms with van der Waals surface area (Å²) in [5.74, 6) is 1.33. The van der Waals surface area contributed by atoms with Crippen LogP contribution in [-0.4, -0.2) is 25.1 Å². The Bertz CT molecular complexity index is 1120. The molecule has 0 aliphatic carbocycles. The summed E-state index contributed by atoms with van der Waals surface area (Å²) >= 11 is 1.45. The number of nitrogens with zero attached hydrogens (tertiary/aromatic N) is 3. The summed E-state index contributed by atoms with van der Waals surface area (Å²) in [4.78, 5) is 24.2. The van der Waals surface area contributed by atoms with Gasteiger partial charge in [-0.05, 0) is 26.0 Å². The third-order valence-electron chi connectivity index (χ3n) is 4.09. The first-order valence-corrected chi connectivity index (χ1v) is 9.13. The molecule has 1 atom stereocenters. The molecule has 2 heterocycles. The van der Waals surface area contributed by atoms with Crippen LogP contribution < -0.4 is 5.56 Å². The zero-order chi connectivity index (χ0) is 18.1. The minimum absolute atomic E-state index is 0.0889. The van der Waals surface area contributed by atoms with E-state index in [1.54, 1.807) is 6.07 Å². The first-order valence-electron chi connectivity index (χ1n) is 8.25. The molecule has 0 aliphatic rings. The molecule has 26 heavy (non-hydrogen) atoms. The molecule has 0 radical (unpaired) electrons. The minimum Gasteiger partial charge on any atom is -0.309 e. The Morgan fingerprint density at radius 2 is 1.81 bits per heavy atom. The van der Waals surface area contributed by atoms with E-state index in [2.05, 4.69) is 25.1 Å². The number of fused-ring (bicyclic) bond motifs is 1. The van der Waals surface area contributed by atoms with E-state index in [9.17, 15) is 4.79 Å². The molecule has 0 bridgehead atoms. The quantitative estimate of drug-likeness (QED) is 0.538. The van der Waals surface area contributed by atoms with Gasteiger partial charge >= 0.3 is 0 Å². The van der Waals surface area contributed by atoms with Crippen molar-refractivity contribution in [2.75, 3.05) is 0 Å². The molecular formula is C19H17N5OS. The molecule has 0 unspecified atom stereocenters. The summed E-state index contributed by atoms with van der Waals surface area (Å²) in [7, 11) is 0. The maximum absolute atomic E-state index is 12.2. The van der Waals surface area contributed by atoms with E-state index in [4.69, 9.17) is 0 Å². The van der Waals surface area contributed by atoms with Crippen molar-refractivity contribution in [2.24, 2.45) is 0 Å². The van der Waals surface area contributed by atoms with Crippen molar-refractivity contribution in [3.05, 3.63) is 70.3 Å². The Morgan fingerprint density at radius 1 is 1.04 bits per heavy atom. The summed E-state index contributed by atoms with van der Waals surface area (Å²) in [6.45, 7) is 4.02. The van der Waals surface area contributed by atoms with Gasteiger partial charge in [-0.15, -0.1) is 5.10 Å². The lowest BCUT2D eigenvalue weighted by Crippen LogP contribution is -2.12. The second-order valence-electron chi connectivity index (χ2n) is 6.06. The van der Waals surface area contributed by atoms with Gasteiger partial charge in [0.05, 0.1) is 16.2 Å². The molecule has 6 nitrogen and oxygen atoms in total. The minimum atomic E-state index is -0.131. The molecule has 2 N–H and O–H groups in total. The molecular weight excluding hydrogens is 346 g/mol. The Labute approximate surface area is 154 Å². The van der Waals surface area contributed by atoms with E-state index in [0.717, 1.165) is 11.4 Å². The van der Waals surface area contributed by atoms with Crippen LogP contribution in [0.25, 0.3) is 22.3 Å².